The molecule has 0 fully saturated rings. The molecule has 0 aliphatic heterocycles. The van der Waals surface area contributed by atoms with E-state index in [1.165, 1.54) is 6.92 Å². The predicted molar refractivity (Wildman–Crippen MR) is 26.7 cm³/mol. The molecule has 0 saturated heterocycles. The Morgan fingerprint density at radius 2 is 1.67 bits per heavy atom. The lowest BCUT2D eigenvalue weighted by molar-refractivity contribution is 0.518. The summed E-state index contributed by atoms with van der Waals surface area (Å²) in [6.07, 6.45) is 0. The van der Waals surface area contributed by atoms with E-state index < -0.39 is 11.9 Å². The number of hydrogen-bond acceptors (Lipinski definition) is 2. The highest BCUT2D eigenvalue weighted by molar-refractivity contribution is 4.90. The summed E-state index contributed by atoms with van der Waals surface area (Å²) in [6, 6.07) is 0.632. The summed E-state index contributed by atoms with van der Waals surface area (Å²) < 4.78 is 24.1. The van der Waals surface area contributed by atoms with Crippen LogP contribution in [-0.4, -0.2) is 9.97 Å². The van der Waals surface area contributed by atoms with Crippen LogP contribution in [0.4, 0.5) is 8.78 Å². The van der Waals surface area contributed by atoms with Gasteiger partial charge in [0, 0.05) is 6.07 Å². The lowest BCUT2D eigenvalue weighted by Crippen LogP contribution is -1.93. The van der Waals surface area contributed by atoms with Crippen LogP contribution in [0.2, 0.25) is 0 Å². The van der Waals surface area contributed by atoms with Crippen LogP contribution in [-0.2, 0) is 0 Å². The van der Waals surface area contributed by atoms with Crippen LogP contribution < -0.4 is 0 Å². The van der Waals surface area contributed by atoms with Gasteiger partial charge in [-0.15, -0.1) is 0 Å². The van der Waals surface area contributed by atoms with E-state index in [1.54, 1.807) is 0 Å². The monoisotopic (exact) mass is 130 g/mol. The molecule has 0 aliphatic rings. The van der Waals surface area contributed by atoms with Crippen molar-refractivity contribution < 1.29 is 8.78 Å². The van der Waals surface area contributed by atoms with Gasteiger partial charge in [0.1, 0.15) is 5.82 Å². The molecule has 0 spiro atoms. The Balaban J connectivity index is 3.17. The molecular formula is C5H4F2N2. The molecular weight excluding hydrogens is 126 g/mol. The van der Waals surface area contributed by atoms with Gasteiger partial charge in [-0.25, -0.2) is 9.97 Å². The number of nitrogens with zero attached hydrogens (tertiary/aromatic N) is 2. The van der Waals surface area contributed by atoms with Gasteiger partial charge < -0.3 is 0 Å². The maximum absolute atomic E-state index is 12.0. The van der Waals surface area contributed by atoms with Crippen molar-refractivity contribution in [1.29, 1.82) is 0 Å². The van der Waals surface area contributed by atoms with Gasteiger partial charge in [-0.2, -0.15) is 8.78 Å². The molecule has 0 unspecified atom stereocenters. The fraction of sp³-hybridized carbons (Fsp3) is 0.200. The zero-order valence-electron chi connectivity index (χ0n) is 4.73. The lowest BCUT2D eigenvalue weighted by Gasteiger charge is -1.89. The fourth-order valence-electron chi connectivity index (χ4n) is 0.497. The normalized spacial score (nSPS) is 9.67. The van der Waals surface area contributed by atoms with E-state index in [0.29, 0.717) is 6.07 Å². The average Bonchev–Trinajstić information content (AvgIpc) is 1.59. The Morgan fingerprint density at radius 3 is 2.00 bits per heavy atom. The first-order valence-corrected chi connectivity index (χ1v) is 2.35. The number of rotatable bonds is 0. The standard InChI is InChI=1S/C5H4F2N2/c1-3-8-4(6)2-5(7)9-3/h2H,1H3. The molecule has 9 heavy (non-hydrogen) atoms. The maximum atomic E-state index is 12.0. The second-order valence-electron chi connectivity index (χ2n) is 1.56. The Bertz CT molecular complexity index is 174. The van der Waals surface area contributed by atoms with Crippen molar-refractivity contribution in [2.45, 2.75) is 6.92 Å². The molecule has 1 aromatic rings. The molecule has 0 saturated carbocycles. The number of hydrogen-bond donors (Lipinski definition) is 0. The zero-order valence-corrected chi connectivity index (χ0v) is 4.73. The minimum atomic E-state index is -0.833. The first-order valence-electron chi connectivity index (χ1n) is 2.35. The SMILES string of the molecule is Cc1nc(F)cc(F)n1. The molecule has 2 nitrogen and oxygen atoms in total. The van der Waals surface area contributed by atoms with E-state index in [-0.39, 0.29) is 5.82 Å². The van der Waals surface area contributed by atoms with Gasteiger partial charge in [-0.1, -0.05) is 0 Å². The van der Waals surface area contributed by atoms with Gasteiger partial charge in [0.15, 0.2) is 0 Å². The Labute approximate surface area is 50.6 Å². The summed E-state index contributed by atoms with van der Waals surface area (Å²) in [5.41, 5.74) is 0. The molecule has 0 atom stereocenters. The quantitative estimate of drug-likeness (QED) is 0.491. The number of aromatic nitrogens is 2. The lowest BCUT2D eigenvalue weighted by atomic mass is 10.6. The van der Waals surface area contributed by atoms with Crippen LogP contribution in [0.1, 0.15) is 5.82 Å². The molecule has 1 aromatic heterocycles. The van der Waals surface area contributed by atoms with Gasteiger partial charge >= 0.3 is 0 Å². The smallest absolute Gasteiger partial charge is 0.205 e. The van der Waals surface area contributed by atoms with E-state index >= 15 is 0 Å². The predicted octanol–water partition coefficient (Wildman–Crippen LogP) is 1.06. The maximum Gasteiger partial charge on any atom is 0.219 e. The third kappa shape index (κ3) is 1.42. The Hall–Kier alpha value is -1.06. The molecule has 0 aromatic carbocycles. The highest BCUT2D eigenvalue weighted by Gasteiger charge is 1.97. The summed E-state index contributed by atoms with van der Waals surface area (Å²) in [5, 5.41) is 0. The minimum absolute atomic E-state index is 0.104. The van der Waals surface area contributed by atoms with E-state index in [0.717, 1.165) is 0 Å². The van der Waals surface area contributed by atoms with Crippen molar-refractivity contribution in [2.24, 2.45) is 0 Å². The van der Waals surface area contributed by atoms with E-state index in [9.17, 15) is 8.78 Å². The van der Waals surface area contributed by atoms with Crippen molar-refractivity contribution in [1.82, 2.24) is 9.97 Å². The topological polar surface area (TPSA) is 25.8 Å². The molecule has 4 heteroatoms. The summed E-state index contributed by atoms with van der Waals surface area (Å²) in [7, 11) is 0. The fourth-order valence-corrected chi connectivity index (χ4v) is 0.497. The molecule has 48 valence electrons. The van der Waals surface area contributed by atoms with Crippen molar-refractivity contribution in [3.8, 4) is 0 Å². The van der Waals surface area contributed by atoms with Crippen molar-refractivity contribution in [2.75, 3.05) is 0 Å². The van der Waals surface area contributed by atoms with Crippen LogP contribution >= 0.6 is 0 Å². The van der Waals surface area contributed by atoms with Crippen LogP contribution in [0, 0.1) is 18.8 Å². The summed E-state index contributed by atoms with van der Waals surface area (Å²) >= 11 is 0. The van der Waals surface area contributed by atoms with E-state index in [2.05, 4.69) is 9.97 Å². The van der Waals surface area contributed by atoms with Gasteiger partial charge in [0.25, 0.3) is 0 Å². The Kier molecular flexibility index (Phi) is 1.38. The highest BCUT2D eigenvalue weighted by atomic mass is 19.1. The van der Waals surface area contributed by atoms with Crippen molar-refractivity contribution in [3.63, 3.8) is 0 Å². The van der Waals surface area contributed by atoms with Crippen LogP contribution in [0.3, 0.4) is 0 Å². The molecule has 1 heterocycles. The summed E-state index contributed by atoms with van der Waals surface area (Å²) in [5.74, 6) is -1.56. The van der Waals surface area contributed by atoms with Crippen LogP contribution in [0.5, 0.6) is 0 Å². The van der Waals surface area contributed by atoms with Gasteiger partial charge in [0.2, 0.25) is 11.9 Å². The van der Waals surface area contributed by atoms with Crippen LogP contribution in [0.15, 0.2) is 6.07 Å². The third-order valence-electron chi connectivity index (χ3n) is 0.775. The molecule has 1 rings (SSSR count). The number of halogens is 2. The van der Waals surface area contributed by atoms with Crippen molar-refractivity contribution in [3.05, 3.63) is 23.8 Å². The van der Waals surface area contributed by atoms with E-state index in [1.807, 2.05) is 0 Å². The summed E-state index contributed by atoms with van der Waals surface area (Å²) in [6.45, 7) is 1.42. The second kappa shape index (κ2) is 2.05. The molecule has 0 bridgehead atoms. The van der Waals surface area contributed by atoms with E-state index in [4.69, 9.17) is 0 Å². The van der Waals surface area contributed by atoms with Gasteiger partial charge in [-0.05, 0) is 6.92 Å². The molecule has 0 aliphatic carbocycles. The van der Waals surface area contributed by atoms with Gasteiger partial charge in [0.05, 0.1) is 0 Å². The summed E-state index contributed by atoms with van der Waals surface area (Å²) in [4.78, 5) is 6.43. The number of aryl methyl sites for hydroxylation is 1. The minimum Gasteiger partial charge on any atom is -0.205 e. The Morgan fingerprint density at radius 1 is 1.22 bits per heavy atom. The first-order chi connectivity index (χ1) is 4.18. The largest absolute Gasteiger partial charge is 0.219 e. The average molecular weight is 130 g/mol. The zero-order chi connectivity index (χ0) is 6.85. The van der Waals surface area contributed by atoms with Gasteiger partial charge in [-0.3, -0.25) is 0 Å². The highest BCUT2D eigenvalue weighted by Crippen LogP contribution is 1.95. The van der Waals surface area contributed by atoms with Crippen molar-refractivity contribution >= 4 is 0 Å². The second-order valence-corrected chi connectivity index (χ2v) is 1.56. The van der Waals surface area contributed by atoms with Crippen LogP contribution in [0.25, 0.3) is 0 Å². The third-order valence-corrected chi connectivity index (χ3v) is 0.775. The first kappa shape index (κ1) is 6.07. The molecule has 0 amide bonds. The molecule has 0 radical (unpaired) electrons. The molecule has 0 N–H and O–H groups in total.